The van der Waals surface area contributed by atoms with E-state index in [0.717, 1.165) is 12.0 Å². The number of nitrogens with one attached hydrogen (secondary N) is 1. The predicted molar refractivity (Wildman–Crippen MR) is 69.5 cm³/mol. The van der Waals surface area contributed by atoms with Gasteiger partial charge in [-0.05, 0) is 37.5 Å². The van der Waals surface area contributed by atoms with Crippen molar-refractivity contribution in [1.82, 2.24) is 0 Å². The Balaban J connectivity index is 2.21. The van der Waals surface area contributed by atoms with E-state index in [1.54, 1.807) is 13.0 Å². The zero-order valence-corrected chi connectivity index (χ0v) is 10.6. The van der Waals surface area contributed by atoms with E-state index in [1.807, 2.05) is 0 Å². The summed E-state index contributed by atoms with van der Waals surface area (Å²) in [5.74, 6) is -1.05. The van der Waals surface area contributed by atoms with Crippen LogP contribution >= 0.6 is 0 Å². The number of oxime groups is 1. The lowest BCUT2D eigenvalue weighted by atomic mass is 9.67. The number of halogens is 1. The SMILES string of the molecule is Cc1ccc(NC(=O)C2(/C(N)=N/O)CCC2)c(F)c1. The molecule has 2 rings (SSSR count). The van der Waals surface area contributed by atoms with Crippen LogP contribution in [0.15, 0.2) is 23.4 Å². The number of rotatable bonds is 3. The third kappa shape index (κ3) is 2.25. The van der Waals surface area contributed by atoms with Gasteiger partial charge in [0.15, 0.2) is 5.84 Å². The molecule has 1 fully saturated rings. The number of hydrogen-bond donors (Lipinski definition) is 3. The molecule has 1 aliphatic carbocycles. The number of hydrogen-bond acceptors (Lipinski definition) is 3. The van der Waals surface area contributed by atoms with Crippen molar-refractivity contribution in [2.75, 3.05) is 5.32 Å². The second-order valence-electron chi connectivity index (χ2n) is 4.86. The summed E-state index contributed by atoms with van der Waals surface area (Å²) in [4.78, 5) is 12.2. The highest BCUT2D eigenvalue weighted by Gasteiger charge is 2.48. The summed E-state index contributed by atoms with van der Waals surface area (Å²) >= 11 is 0. The maximum absolute atomic E-state index is 13.7. The van der Waals surface area contributed by atoms with Gasteiger partial charge in [-0.25, -0.2) is 4.39 Å². The molecule has 19 heavy (non-hydrogen) atoms. The molecule has 0 bridgehead atoms. The van der Waals surface area contributed by atoms with Gasteiger partial charge in [0.1, 0.15) is 11.2 Å². The molecule has 1 saturated carbocycles. The lowest BCUT2D eigenvalue weighted by Crippen LogP contribution is -2.51. The maximum atomic E-state index is 13.7. The third-order valence-corrected chi connectivity index (χ3v) is 3.61. The van der Waals surface area contributed by atoms with Gasteiger partial charge < -0.3 is 16.3 Å². The van der Waals surface area contributed by atoms with Gasteiger partial charge in [0.05, 0.1) is 5.69 Å². The van der Waals surface area contributed by atoms with Gasteiger partial charge >= 0.3 is 0 Å². The Hall–Kier alpha value is -2.11. The fourth-order valence-corrected chi connectivity index (χ4v) is 2.19. The summed E-state index contributed by atoms with van der Waals surface area (Å²) in [6, 6.07) is 4.55. The molecule has 1 aromatic rings. The van der Waals surface area contributed by atoms with Gasteiger partial charge in [-0.15, -0.1) is 0 Å². The molecule has 0 spiro atoms. The summed E-state index contributed by atoms with van der Waals surface area (Å²) in [5.41, 5.74) is 5.44. The molecule has 0 aromatic heterocycles. The Morgan fingerprint density at radius 1 is 1.53 bits per heavy atom. The zero-order chi connectivity index (χ0) is 14.0. The number of amidine groups is 1. The van der Waals surface area contributed by atoms with Crippen molar-refractivity contribution in [2.45, 2.75) is 26.2 Å². The number of carbonyl (C=O) groups excluding carboxylic acids is 1. The summed E-state index contributed by atoms with van der Waals surface area (Å²) in [7, 11) is 0. The maximum Gasteiger partial charge on any atom is 0.238 e. The first-order valence-corrected chi connectivity index (χ1v) is 6.05. The number of anilines is 1. The van der Waals surface area contributed by atoms with Gasteiger partial charge in [0.25, 0.3) is 0 Å². The van der Waals surface area contributed by atoms with E-state index in [9.17, 15) is 9.18 Å². The van der Waals surface area contributed by atoms with Crippen molar-refractivity contribution >= 4 is 17.4 Å². The number of carbonyl (C=O) groups is 1. The molecule has 5 nitrogen and oxygen atoms in total. The average molecular weight is 265 g/mol. The standard InChI is InChI=1S/C13H16FN3O2/c1-8-3-4-10(9(14)7-8)16-12(18)13(5-2-6-13)11(15)17-19/h3-4,7,19H,2,5-6H2,1H3,(H2,15,17)(H,16,18). The highest BCUT2D eigenvalue weighted by molar-refractivity contribution is 6.12. The second kappa shape index (κ2) is 4.87. The minimum atomic E-state index is -1.01. The van der Waals surface area contributed by atoms with Crippen molar-refractivity contribution < 1.29 is 14.4 Å². The van der Waals surface area contributed by atoms with Crippen LogP contribution in [0.3, 0.4) is 0 Å². The van der Waals surface area contributed by atoms with Crippen molar-refractivity contribution in [3.8, 4) is 0 Å². The Bertz CT molecular complexity index is 539. The van der Waals surface area contributed by atoms with E-state index in [2.05, 4.69) is 10.5 Å². The first-order valence-electron chi connectivity index (χ1n) is 6.05. The quantitative estimate of drug-likeness (QED) is 0.338. The van der Waals surface area contributed by atoms with Gasteiger partial charge in [-0.3, -0.25) is 4.79 Å². The van der Waals surface area contributed by atoms with E-state index in [-0.39, 0.29) is 11.5 Å². The molecule has 0 saturated heterocycles. The van der Waals surface area contributed by atoms with Crippen LogP contribution in [-0.2, 0) is 4.79 Å². The van der Waals surface area contributed by atoms with Crippen molar-refractivity contribution in [3.63, 3.8) is 0 Å². The molecule has 4 N–H and O–H groups in total. The zero-order valence-electron chi connectivity index (χ0n) is 10.6. The Morgan fingerprint density at radius 2 is 2.21 bits per heavy atom. The summed E-state index contributed by atoms with van der Waals surface area (Å²) in [6.45, 7) is 1.76. The van der Waals surface area contributed by atoms with E-state index in [1.165, 1.54) is 12.1 Å². The fraction of sp³-hybridized carbons (Fsp3) is 0.385. The summed E-state index contributed by atoms with van der Waals surface area (Å²) in [5, 5.41) is 14.2. The highest BCUT2D eigenvalue weighted by Crippen LogP contribution is 2.42. The second-order valence-corrected chi connectivity index (χ2v) is 4.86. The van der Waals surface area contributed by atoms with Crippen LogP contribution in [0.1, 0.15) is 24.8 Å². The van der Waals surface area contributed by atoms with Crippen LogP contribution in [0, 0.1) is 18.2 Å². The molecule has 102 valence electrons. The lowest BCUT2D eigenvalue weighted by Gasteiger charge is -2.38. The average Bonchev–Trinajstić information content (AvgIpc) is 2.31. The molecule has 6 heteroatoms. The predicted octanol–water partition coefficient (Wildman–Crippen LogP) is 1.99. The normalized spacial score (nSPS) is 17.7. The number of nitrogens with zero attached hydrogens (tertiary/aromatic N) is 1. The minimum Gasteiger partial charge on any atom is -0.409 e. The smallest absolute Gasteiger partial charge is 0.238 e. The van der Waals surface area contributed by atoms with Crippen molar-refractivity contribution in [3.05, 3.63) is 29.6 Å². The first kappa shape index (κ1) is 13.3. The molecular weight excluding hydrogens is 249 g/mol. The third-order valence-electron chi connectivity index (χ3n) is 3.61. The van der Waals surface area contributed by atoms with Crippen LogP contribution in [0.2, 0.25) is 0 Å². The lowest BCUT2D eigenvalue weighted by molar-refractivity contribution is -0.125. The van der Waals surface area contributed by atoms with E-state index in [4.69, 9.17) is 10.9 Å². The minimum absolute atomic E-state index is 0.104. The van der Waals surface area contributed by atoms with Crippen molar-refractivity contribution in [1.29, 1.82) is 0 Å². The Morgan fingerprint density at radius 3 is 2.68 bits per heavy atom. The molecular formula is C13H16FN3O2. The Labute approximate surface area is 110 Å². The first-order chi connectivity index (χ1) is 8.99. The monoisotopic (exact) mass is 265 g/mol. The van der Waals surface area contributed by atoms with Crippen LogP contribution in [0.4, 0.5) is 10.1 Å². The summed E-state index contributed by atoms with van der Waals surface area (Å²) < 4.78 is 13.7. The molecule has 1 aromatic carbocycles. The molecule has 0 unspecified atom stereocenters. The van der Waals surface area contributed by atoms with E-state index in [0.29, 0.717) is 12.8 Å². The van der Waals surface area contributed by atoms with E-state index < -0.39 is 17.1 Å². The van der Waals surface area contributed by atoms with Gasteiger partial charge in [-0.2, -0.15) is 0 Å². The van der Waals surface area contributed by atoms with Gasteiger partial charge in [-0.1, -0.05) is 17.6 Å². The van der Waals surface area contributed by atoms with Gasteiger partial charge in [0, 0.05) is 0 Å². The molecule has 0 heterocycles. The molecule has 0 aliphatic heterocycles. The van der Waals surface area contributed by atoms with Gasteiger partial charge in [0.2, 0.25) is 5.91 Å². The molecule has 1 aliphatic rings. The van der Waals surface area contributed by atoms with Crippen LogP contribution in [0.25, 0.3) is 0 Å². The fourth-order valence-electron chi connectivity index (χ4n) is 2.19. The number of nitrogens with two attached hydrogens (primary N) is 1. The topological polar surface area (TPSA) is 87.7 Å². The van der Waals surface area contributed by atoms with Crippen molar-refractivity contribution in [2.24, 2.45) is 16.3 Å². The van der Waals surface area contributed by atoms with Crippen LogP contribution in [0.5, 0.6) is 0 Å². The van der Waals surface area contributed by atoms with E-state index >= 15 is 0 Å². The summed E-state index contributed by atoms with van der Waals surface area (Å²) in [6.07, 6.45) is 1.82. The molecule has 0 radical (unpaired) electrons. The van der Waals surface area contributed by atoms with Crippen LogP contribution < -0.4 is 11.1 Å². The van der Waals surface area contributed by atoms with Crippen LogP contribution in [-0.4, -0.2) is 17.0 Å². The number of aryl methyl sites for hydroxylation is 1. The number of amides is 1. The highest BCUT2D eigenvalue weighted by atomic mass is 19.1. The Kier molecular flexibility index (Phi) is 3.42. The molecule has 1 amide bonds. The molecule has 0 atom stereocenters. The number of benzene rings is 1. The largest absolute Gasteiger partial charge is 0.409 e.